The minimum Gasteiger partial charge on any atom is -0.308 e. The predicted octanol–water partition coefficient (Wildman–Crippen LogP) is 5.14. The molecule has 1 N–H and O–H groups in total. The van der Waals surface area contributed by atoms with Gasteiger partial charge in [-0.1, -0.05) is 52.9 Å². The molecule has 0 aliphatic rings. The molecule has 2 aromatic heterocycles. The molecular formula is C21H21N5OS3. The first kappa shape index (κ1) is 20.9. The molecule has 9 heteroatoms. The minimum absolute atomic E-state index is 0.0994. The van der Waals surface area contributed by atoms with Gasteiger partial charge in [-0.15, -0.1) is 22.0 Å². The summed E-state index contributed by atoms with van der Waals surface area (Å²) in [5.74, 6) is 1.50. The maximum absolute atomic E-state index is 12.6. The van der Waals surface area contributed by atoms with Crippen molar-refractivity contribution in [3.8, 4) is 0 Å². The predicted molar refractivity (Wildman–Crippen MR) is 125 cm³/mol. The van der Waals surface area contributed by atoms with Crippen LogP contribution in [0.4, 0.5) is 5.13 Å². The Morgan fingerprint density at radius 3 is 2.70 bits per heavy atom. The molecular weight excluding hydrogens is 434 g/mol. The number of aryl methyl sites for hydroxylation is 1. The van der Waals surface area contributed by atoms with E-state index in [1.807, 2.05) is 42.8 Å². The average molecular weight is 456 g/mol. The zero-order valence-electron chi connectivity index (χ0n) is 16.8. The molecule has 0 aliphatic heterocycles. The molecule has 1 amide bonds. The monoisotopic (exact) mass is 455 g/mol. The largest absolute Gasteiger partial charge is 0.308 e. The first-order valence-corrected chi connectivity index (χ1v) is 12.1. The molecule has 0 bridgehead atoms. The van der Waals surface area contributed by atoms with E-state index in [1.54, 1.807) is 11.8 Å². The summed E-state index contributed by atoms with van der Waals surface area (Å²) in [5.41, 5.74) is 2.14. The quantitative estimate of drug-likeness (QED) is 0.389. The number of carbonyl (C=O) groups is 1. The van der Waals surface area contributed by atoms with E-state index in [2.05, 4.69) is 51.7 Å². The normalized spacial score (nSPS) is 12.2. The van der Waals surface area contributed by atoms with Crippen molar-refractivity contribution in [3.05, 3.63) is 59.9 Å². The maximum atomic E-state index is 12.6. The Morgan fingerprint density at radius 1 is 1.17 bits per heavy atom. The Bertz CT molecular complexity index is 1140. The third-order valence-corrected chi connectivity index (χ3v) is 7.58. The number of thioether (sulfide) groups is 2. The van der Waals surface area contributed by atoms with Gasteiger partial charge in [-0.3, -0.25) is 4.79 Å². The standard InChI is InChI=1S/C21H21N5OS3/c1-13-8-10-15(11-9-13)28-12-18-24-25-21(26(18)3)29-14(2)19(27)23-20-22-16-6-4-5-7-17(16)30-20/h4-11,14H,12H2,1-3H3,(H,22,23,27). The second-order valence-corrected chi connectivity index (χ2v) is 10.2. The van der Waals surface area contributed by atoms with Gasteiger partial charge in [0.05, 0.1) is 21.2 Å². The van der Waals surface area contributed by atoms with Crippen molar-refractivity contribution in [2.24, 2.45) is 7.05 Å². The van der Waals surface area contributed by atoms with Gasteiger partial charge in [0, 0.05) is 11.9 Å². The number of thiazole rings is 1. The number of benzene rings is 2. The lowest BCUT2D eigenvalue weighted by Crippen LogP contribution is -2.22. The van der Waals surface area contributed by atoms with Crippen LogP contribution in [0.3, 0.4) is 0 Å². The van der Waals surface area contributed by atoms with Gasteiger partial charge in [-0.25, -0.2) is 4.98 Å². The number of carbonyl (C=O) groups excluding carboxylic acids is 1. The Kier molecular flexibility index (Phi) is 6.40. The summed E-state index contributed by atoms with van der Waals surface area (Å²) in [4.78, 5) is 18.3. The molecule has 2 heterocycles. The molecule has 0 aliphatic carbocycles. The Morgan fingerprint density at radius 2 is 1.93 bits per heavy atom. The highest BCUT2D eigenvalue weighted by Gasteiger charge is 2.20. The highest BCUT2D eigenvalue weighted by Crippen LogP contribution is 2.28. The number of hydrogen-bond donors (Lipinski definition) is 1. The van der Waals surface area contributed by atoms with Crippen LogP contribution in [0, 0.1) is 6.92 Å². The fourth-order valence-electron chi connectivity index (χ4n) is 2.70. The lowest BCUT2D eigenvalue weighted by atomic mass is 10.2. The van der Waals surface area contributed by atoms with E-state index in [9.17, 15) is 4.79 Å². The van der Waals surface area contributed by atoms with Crippen molar-refractivity contribution < 1.29 is 4.79 Å². The molecule has 30 heavy (non-hydrogen) atoms. The molecule has 0 spiro atoms. The van der Waals surface area contributed by atoms with Crippen molar-refractivity contribution in [3.63, 3.8) is 0 Å². The number of nitrogens with one attached hydrogen (secondary N) is 1. The fraction of sp³-hybridized carbons (Fsp3) is 0.238. The maximum Gasteiger partial charge on any atom is 0.239 e. The second-order valence-electron chi connectivity index (χ2n) is 6.80. The van der Waals surface area contributed by atoms with E-state index in [-0.39, 0.29) is 11.2 Å². The molecule has 4 rings (SSSR count). The minimum atomic E-state index is -0.322. The zero-order valence-corrected chi connectivity index (χ0v) is 19.3. The highest BCUT2D eigenvalue weighted by atomic mass is 32.2. The molecule has 1 unspecified atom stereocenters. The number of aromatic nitrogens is 4. The van der Waals surface area contributed by atoms with Gasteiger partial charge in [0.25, 0.3) is 0 Å². The number of amides is 1. The van der Waals surface area contributed by atoms with Crippen LogP contribution < -0.4 is 5.32 Å². The Hall–Kier alpha value is -2.36. The summed E-state index contributed by atoms with van der Waals surface area (Å²) in [5, 5.41) is 12.5. The number of nitrogens with zero attached hydrogens (tertiary/aromatic N) is 4. The first-order valence-electron chi connectivity index (χ1n) is 9.40. The summed E-state index contributed by atoms with van der Waals surface area (Å²) in [6, 6.07) is 16.3. The molecule has 0 saturated carbocycles. The number of para-hydroxylation sites is 1. The van der Waals surface area contributed by atoms with Gasteiger partial charge in [-0.2, -0.15) is 0 Å². The van der Waals surface area contributed by atoms with Crippen LogP contribution in [-0.2, 0) is 17.6 Å². The van der Waals surface area contributed by atoms with E-state index in [1.165, 1.54) is 33.6 Å². The van der Waals surface area contributed by atoms with Gasteiger partial charge in [-0.05, 0) is 38.1 Å². The number of hydrogen-bond acceptors (Lipinski definition) is 7. The van der Waals surface area contributed by atoms with Gasteiger partial charge >= 0.3 is 0 Å². The van der Waals surface area contributed by atoms with Crippen molar-refractivity contribution in [1.82, 2.24) is 19.7 Å². The molecule has 6 nitrogen and oxygen atoms in total. The Labute approximate surface area is 187 Å². The van der Waals surface area contributed by atoms with Crippen LogP contribution in [0.2, 0.25) is 0 Å². The van der Waals surface area contributed by atoms with Gasteiger partial charge in [0.1, 0.15) is 5.82 Å². The smallest absolute Gasteiger partial charge is 0.239 e. The Balaban J connectivity index is 1.36. The number of rotatable bonds is 7. The highest BCUT2D eigenvalue weighted by molar-refractivity contribution is 8.00. The van der Waals surface area contributed by atoms with Crippen molar-refractivity contribution >= 4 is 56.1 Å². The SMILES string of the molecule is Cc1ccc(SCc2nnc(SC(C)C(=O)Nc3nc4ccccc4s3)n2C)cc1. The van der Waals surface area contributed by atoms with Crippen LogP contribution in [0.25, 0.3) is 10.2 Å². The van der Waals surface area contributed by atoms with E-state index >= 15 is 0 Å². The molecule has 0 radical (unpaired) electrons. The summed E-state index contributed by atoms with van der Waals surface area (Å²) in [6.07, 6.45) is 0. The molecule has 0 fully saturated rings. The third kappa shape index (κ3) is 4.85. The zero-order chi connectivity index (χ0) is 21.1. The number of fused-ring (bicyclic) bond motifs is 1. The van der Waals surface area contributed by atoms with Crippen LogP contribution >= 0.6 is 34.9 Å². The molecule has 0 saturated heterocycles. The first-order chi connectivity index (χ1) is 14.5. The third-order valence-electron chi connectivity index (χ3n) is 4.49. The lowest BCUT2D eigenvalue weighted by molar-refractivity contribution is -0.115. The molecule has 2 aromatic carbocycles. The van der Waals surface area contributed by atoms with Crippen LogP contribution in [0.1, 0.15) is 18.3 Å². The fourth-order valence-corrected chi connectivity index (χ4v) is 5.28. The van der Waals surface area contributed by atoms with Crippen molar-refractivity contribution in [2.45, 2.75) is 34.9 Å². The van der Waals surface area contributed by atoms with Crippen molar-refractivity contribution in [1.29, 1.82) is 0 Å². The van der Waals surface area contributed by atoms with Gasteiger partial charge in [0.2, 0.25) is 5.91 Å². The average Bonchev–Trinajstić information content (AvgIpc) is 3.30. The summed E-state index contributed by atoms with van der Waals surface area (Å²) in [7, 11) is 1.94. The topological polar surface area (TPSA) is 72.7 Å². The summed E-state index contributed by atoms with van der Waals surface area (Å²) in [6.45, 7) is 3.94. The van der Waals surface area contributed by atoms with Crippen LogP contribution in [-0.4, -0.2) is 30.9 Å². The van der Waals surface area contributed by atoms with E-state index < -0.39 is 0 Å². The lowest BCUT2D eigenvalue weighted by Gasteiger charge is -2.10. The summed E-state index contributed by atoms with van der Waals surface area (Å²) < 4.78 is 3.00. The molecule has 1 atom stereocenters. The van der Waals surface area contributed by atoms with Crippen LogP contribution in [0.5, 0.6) is 0 Å². The molecule has 4 aromatic rings. The number of anilines is 1. The van der Waals surface area contributed by atoms with Gasteiger partial charge in [0.15, 0.2) is 10.3 Å². The van der Waals surface area contributed by atoms with Gasteiger partial charge < -0.3 is 9.88 Å². The summed E-state index contributed by atoms with van der Waals surface area (Å²) >= 11 is 4.59. The molecule has 154 valence electrons. The van der Waals surface area contributed by atoms with Crippen LogP contribution in [0.15, 0.2) is 58.6 Å². The van der Waals surface area contributed by atoms with Crippen molar-refractivity contribution in [2.75, 3.05) is 5.32 Å². The van der Waals surface area contributed by atoms with E-state index in [0.29, 0.717) is 5.13 Å². The van der Waals surface area contributed by atoms with E-state index in [4.69, 9.17) is 0 Å². The second kappa shape index (κ2) is 9.20. The van der Waals surface area contributed by atoms with E-state index in [0.717, 1.165) is 27.0 Å².